The maximum atomic E-state index is 12.3. The molecule has 1 atom stereocenters. The zero-order chi connectivity index (χ0) is 47.0. The molecule has 0 fully saturated rings. The van der Waals surface area contributed by atoms with Crippen LogP contribution in [0.1, 0.15) is 303 Å². The van der Waals surface area contributed by atoms with Gasteiger partial charge >= 0.3 is 11.9 Å². The van der Waals surface area contributed by atoms with Crippen molar-refractivity contribution in [3.05, 3.63) is 48.6 Å². The summed E-state index contributed by atoms with van der Waals surface area (Å²) in [6.45, 7) is 4.06. The Bertz CT molecular complexity index is 1080. The van der Waals surface area contributed by atoms with Crippen LogP contribution in [0.25, 0.3) is 0 Å². The molecule has 0 bridgehead atoms. The number of esters is 2. The second kappa shape index (κ2) is 56.2. The number of hydrogen-bond donors (Lipinski definition) is 1. The minimum absolute atomic E-state index is 0.0593. The van der Waals surface area contributed by atoms with Gasteiger partial charge in [0.15, 0.2) is 6.10 Å². The Morgan fingerprint density at radius 1 is 0.369 bits per heavy atom. The summed E-state index contributed by atoms with van der Waals surface area (Å²) in [7, 11) is 0. The molecule has 0 aromatic carbocycles. The van der Waals surface area contributed by atoms with Gasteiger partial charge in [-0.1, -0.05) is 287 Å². The van der Waals surface area contributed by atoms with E-state index in [2.05, 4.69) is 62.5 Å². The molecule has 0 spiro atoms. The van der Waals surface area contributed by atoms with Crippen LogP contribution in [-0.4, -0.2) is 36.4 Å². The average Bonchev–Trinajstić information content (AvgIpc) is 3.31. The van der Waals surface area contributed by atoms with E-state index in [4.69, 9.17) is 9.47 Å². The Labute approximate surface area is 405 Å². The fourth-order valence-corrected chi connectivity index (χ4v) is 8.61. The molecule has 5 nitrogen and oxygen atoms in total. The highest BCUT2D eigenvalue weighted by Gasteiger charge is 2.16. The Balaban J connectivity index is 3.38. The summed E-state index contributed by atoms with van der Waals surface area (Å²) in [6, 6.07) is 0. The van der Waals surface area contributed by atoms with Crippen molar-refractivity contribution in [2.75, 3.05) is 13.2 Å². The first-order valence-electron chi connectivity index (χ1n) is 28.7. The number of ether oxygens (including phenoxy) is 2. The number of allylic oxidation sites excluding steroid dienone is 8. The second-order valence-corrected chi connectivity index (χ2v) is 19.3. The van der Waals surface area contributed by atoms with E-state index in [1.54, 1.807) is 0 Å². The van der Waals surface area contributed by atoms with Crippen LogP contribution in [0.3, 0.4) is 0 Å². The van der Waals surface area contributed by atoms with E-state index < -0.39 is 6.10 Å². The highest BCUT2D eigenvalue weighted by molar-refractivity contribution is 5.70. The van der Waals surface area contributed by atoms with Gasteiger partial charge in [0.05, 0.1) is 6.61 Å². The fraction of sp³-hybridized carbons (Fsp3) is 0.833. The van der Waals surface area contributed by atoms with Crippen LogP contribution in [0.2, 0.25) is 0 Å². The smallest absolute Gasteiger partial charge is 0.306 e. The molecule has 0 amide bonds. The molecule has 0 aromatic heterocycles. The zero-order valence-corrected chi connectivity index (χ0v) is 43.5. The molecule has 0 saturated carbocycles. The zero-order valence-electron chi connectivity index (χ0n) is 43.5. The Morgan fingerprint density at radius 3 is 1.00 bits per heavy atom. The van der Waals surface area contributed by atoms with Crippen LogP contribution in [-0.2, 0) is 19.1 Å². The van der Waals surface area contributed by atoms with Crippen molar-refractivity contribution in [2.24, 2.45) is 0 Å². The van der Waals surface area contributed by atoms with E-state index >= 15 is 0 Å². The lowest BCUT2D eigenvalue weighted by atomic mass is 10.0. The van der Waals surface area contributed by atoms with Crippen molar-refractivity contribution >= 4 is 11.9 Å². The molecule has 0 radical (unpaired) electrons. The van der Waals surface area contributed by atoms with Crippen molar-refractivity contribution in [3.63, 3.8) is 0 Å². The van der Waals surface area contributed by atoms with E-state index in [1.807, 2.05) is 0 Å². The monoisotopic (exact) mass is 911 g/mol. The van der Waals surface area contributed by atoms with Gasteiger partial charge in [-0.05, 0) is 51.4 Å². The van der Waals surface area contributed by atoms with Crippen molar-refractivity contribution in [2.45, 2.75) is 309 Å². The molecule has 0 aliphatic rings. The van der Waals surface area contributed by atoms with Gasteiger partial charge in [0.25, 0.3) is 0 Å². The van der Waals surface area contributed by atoms with E-state index in [1.165, 1.54) is 218 Å². The normalized spacial score (nSPS) is 12.5. The number of carbonyl (C=O) groups excluding carboxylic acids is 2. The average molecular weight is 912 g/mol. The molecule has 0 saturated heterocycles. The van der Waals surface area contributed by atoms with E-state index in [0.29, 0.717) is 12.8 Å². The van der Waals surface area contributed by atoms with Crippen LogP contribution in [0, 0.1) is 0 Å². The minimum atomic E-state index is -0.767. The number of hydrogen-bond acceptors (Lipinski definition) is 5. The summed E-state index contributed by atoms with van der Waals surface area (Å²) in [4.78, 5) is 24.4. The molecular formula is C60H110O5. The van der Waals surface area contributed by atoms with Gasteiger partial charge in [0, 0.05) is 12.8 Å². The van der Waals surface area contributed by atoms with Crippen LogP contribution < -0.4 is 0 Å². The summed E-state index contributed by atoms with van der Waals surface area (Å²) in [6.07, 6.45) is 73.9. The maximum Gasteiger partial charge on any atom is 0.306 e. The number of aliphatic hydroxyl groups is 1. The van der Waals surface area contributed by atoms with Crippen LogP contribution in [0.15, 0.2) is 48.6 Å². The SMILES string of the molecule is CC/C=C\C/C=C\C/C=C\C/C=C\CCCCCCCCCCCCCCCCCCCCCCCCCCC(=O)OC(CO)COC(=O)CCCCCCCCCCCCCCCC. The molecule has 1 N–H and O–H groups in total. The molecule has 1 unspecified atom stereocenters. The predicted octanol–water partition coefficient (Wildman–Crippen LogP) is 19.3. The van der Waals surface area contributed by atoms with E-state index in [-0.39, 0.29) is 25.2 Å². The Kier molecular flexibility index (Phi) is 54.3. The summed E-state index contributed by atoms with van der Waals surface area (Å²) in [5.41, 5.74) is 0. The summed E-state index contributed by atoms with van der Waals surface area (Å²) in [5, 5.41) is 9.63. The number of unbranched alkanes of at least 4 members (excludes halogenated alkanes) is 37. The van der Waals surface area contributed by atoms with Crippen LogP contribution >= 0.6 is 0 Å². The van der Waals surface area contributed by atoms with Gasteiger partial charge in [0.2, 0.25) is 0 Å². The highest BCUT2D eigenvalue weighted by Crippen LogP contribution is 2.17. The van der Waals surface area contributed by atoms with Crippen molar-refractivity contribution in [1.29, 1.82) is 0 Å². The molecule has 0 aliphatic heterocycles. The molecular weight excluding hydrogens is 801 g/mol. The molecule has 380 valence electrons. The van der Waals surface area contributed by atoms with E-state index in [0.717, 1.165) is 57.8 Å². The van der Waals surface area contributed by atoms with Gasteiger partial charge in [-0.3, -0.25) is 9.59 Å². The lowest BCUT2D eigenvalue weighted by Crippen LogP contribution is -2.28. The van der Waals surface area contributed by atoms with Gasteiger partial charge in [-0.15, -0.1) is 0 Å². The first-order valence-corrected chi connectivity index (χ1v) is 28.7. The summed E-state index contributed by atoms with van der Waals surface area (Å²) >= 11 is 0. The molecule has 0 aliphatic carbocycles. The molecule has 65 heavy (non-hydrogen) atoms. The van der Waals surface area contributed by atoms with Gasteiger partial charge < -0.3 is 14.6 Å². The number of aliphatic hydroxyl groups excluding tert-OH is 1. The summed E-state index contributed by atoms with van der Waals surface area (Å²) in [5.74, 6) is -0.573. The molecule has 0 heterocycles. The lowest BCUT2D eigenvalue weighted by Gasteiger charge is -2.15. The largest absolute Gasteiger partial charge is 0.462 e. The van der Waals surface area contributed by atoms with Gasteiger partial charge in [0.1, 0.15) is 6.61 Å². The molecule has 5 heteroatoms. The predicted molar refractivity (Wildman–Crippen MR) is 284 cm³/mol. The van der Waals surface area contributed by atoms with Gasteiger partial charge in [-0.25, -0.2) is 0 Å². The first-order chi connectivity index (χ1) is 32.1. The third kappa shape index (κ3) is 54.4. The quantitative estimate of drug-likeness (QED) is 0.0374. The fourth-order valence-electron chi connectivity index (χ4n) is 8.61. The van der Waals surface area contributed by atoms with Crippen molar-refractivity contribution < 1.29 is 24.2 Å². The van der Waals surface area contributed by atoms with E-state index in [9.17, 15) is 14.7 Å². The van der Waals surface area contributed by atoms with Crippen molar-refractivity contribution in [1.82, 2.24) is 0 Å². The molecule has 0 rings (SSSR count). The van der Waals surface area contributed by atoms with Gasteiger partial charge in [-0.2, -0.15) is 0 Å². The number of rotatable bonds is 53. The minimum Gasteiger partial charge on any atom is -0.462 e. The lowest BCUT2D eigenvalue weighted by molar-refractivity contribution is -0.161. The number of carbonyl (C=O) groups is 2. The van der Waals surface area contributed by atoms with Crippen molar-refractivity contribution in [3.8, 4) is 0 Å². The first kappa shape index (κ1) is 62.9. The summed E-state index contributed by atoms with van der Waals surface area (Å²) < 4.78 is 10.7. The highest BCUT2D eigenvalue weighted by atomic mass is 16.6. The van der Waals surface area contributed by atoms with Crippen LogP contribution in [0.5, 0.6) is 0 Å². The topological polar surface area (TPSA) is 72.8 Å². The Morgan fingerprint density at radius 2 is 0.662 bits per heavy atom. The molecule has 0 aromatic rings. The second-order valence-electron chi connectivity index (χ2n) is 19.3. The standard InChI is InChI=1S/C60H110O5/c1-3-5-7-9-11-13-15-17-19-20-21-22-23-24-25-26-27-28-29-30-31-32-33-34-35-36-37-38-39-40-41-43-45-47-49-51-53-55-60(63)65-58(56-61)57-64-59(62)54-52-50-48-46-44-42-18-16-14-12-10-8-6-4-2/h5,7,11,13,17,19,21-22,58,61H,3-4,6,8-10,12,14-16,18,20,23-57H2,1-2H3/b7-5-,13-11-,19-17-,22-21-. The third-order valence-electron chi connectivity index (χ3n) is 12.9. The third-order valence-corrected chi connectivity index (χ3v) is 12.9. The van der Waals surface area contributed by atoms with Crippen LogP contribution in [0.4, 0.5) is 0 Å². The Hall–Kier alpha value is -2.14. The maximum absolute atomic E-state index is 12.3.